The smallest absolute Gasteiger partial charge is 0.0537 e. The maximum atomic E-state index is 5.94. The molecule has 2 atom stereocenters. The molecule has 18 heavy (non-hydrogen) atoms. The van der Waals surface area contributed by atoms with Crippen molar-refractivity contribution in [2.75, 3.05) is 13.1 Å². The van der Waals surface area contributed by atoms with Crippen LogP contribution in [0.5, 0.6) is 0 Å². The molecule has 2 heterocycles. The zero-order chi connectivity index (χ0) is 13.3. The minimum atomic E-state index is 0.420. The summed E-state index contributed by atoms with van der Waals surface area (Å²) >= 11 is 0. The van der Waals surface area contributed by atoms with Crippen molar-refractivity contribution in [2.45, 2.75) is 52.2 Å². The minimum absolute atomic E-state index is 0.420. The van der Waals surface area contributed by atoms with Gasteiger partial charge in [0.05, 0.1) is 6.20 Å². The lowest BCUT2D eigenvalue weighted by Gasteiger charge is -2.30. The van der Waals surface area contributed by atoms with Gasteiger partial charge < -0.3 is 5.73 Å². The number of nitrogens with zero attached hydrogens (tertiary/aromatic N) is 3. The monoisotopic (exact) mass is 250 g/mol. The van der Waals surface area contributed by atoms with Gasteiger partial charge in [0.1, 0.15) is 0 Å². The van der Waals surface area contributed by atoms with E-state index < -0.39 is 0 Å². The Balaban J connectivity index is 2.25. The lowest BCUT2D eigenvalue weighted by Crippen LogP contribution is -2.33. The SMILES string of the molecule is CC(C)N1CCC(CN)C1c1cnn(C(C)C)c1. The summed E-state index contributed by atoms with van der Waals surface area (Å²) in [6.45, 7) is 10.8. The van der Waals surface area contributed by atoms with Gasteiger partial charge in [0.25, 0.3) is 0 Å². The van der Waals surface area contributed by atoms with Crippen LogP contribution in [0, 0.1) is 5.92 Å². The van der Waals surface area contributed by atoms with Gasteiger partial charge in [-0.25, -0.2) is 0 Å². The summed E-state index contributed by atoms with van der Waals surface area (Å²) < 4.78 is 2.04. The average molecular weight is 250 g/mol. The summed E-state index contributed by atoms with van der Waals surface area (Å²) in [6.07, 6.45) is 5.42. The Labute approximate surface area is 110 Å². The van der Waals surface area contributed by atoms with Crippen molar-refractivity contribution >= 4 is 0 Å². The Morgan fingerprint density at radius 3 is 2.56 bits per heavy atom. The number of hydrogen-bond acceptors (Lipinski definition) is 3. The molecular weight excluding hydrogens is 224 g/mol. The van der Waals surface area contributed by atoms with E-state index in [0.29, 0.717) is 24.0 Å². The van der Waals surface area contributed by atoms with Crippen molar-refractivity contribution < 1.29 is 0 Å². The van der Waals surface area contributed by atoms with Gasteiger partial charge in [-0.2, -0.15) is 5.10 Å². The van der Waals surface area contributed by atoms with Crippen molar-refractivity contribution in [3.05, 3.63) is 18.0 Å². The van der Waals surface area contributed by atoms with Gasteiger partial charge in [-0.05, 0) is 53.1 Å². The fourth-order valence-corrected chi connectivity index (χ4v) is 2.96. The van der Waals surface area contributed by atoms with E-state index in [4.69, 9.17) is 5.73 Å². The highest BCUT2D eigenvalue weighted by Gasteiger charge is 2.36. The van der Waals surface area contributed by atoms with Crippen LogP contribution >= 0.6 is 0 Å². The summed E-state index contributed by atoms with van der Waals surface area (Å²) in [5.41, 5.74) is 7.26. The summed E-state index contributed by atoms with van der Waals surface area (Å²) in [7, 11) is 0. The van der Waals surface area contributed by atoms with Gasteiger partial charge in [0.15, 0.2) is 0 Å². The first-order valence-corrected chi connectivity index (χ1v) is 7.04. The average Bonchev–Trinajstić information content (AvgIpc) is 2.94. The van der Waals surface area contributed by atoms with Crippen molar-refractivity contribution in [3.8, 4) is 0 Å². The first kappa shape index (κ1) is 13.6. The molecule has 0 radical (unpaired) electrons. The first-order chi connectivity index (χ1) is 8.54. The molecule has 1 aliphatic rings. The lowest BCUT2D eigenvalue weighted by atomic mass is 9.95. The molecule has 0 saturated carbocycles. The van der Waals surface area contributed by atoms with E-state index in [0.717, 1.165) is 13.1 Å². The predicted molar refractivity (Wildman–Crippen MR) is 74.4 cm³/mol. The third-order valence-electron chi connectivity index (χ3n) is 4.02. The molecule has 1 fully saturated rings. The van der Waals surface area contributed by atoms with E-state index in [1.165, 1.54) is 12.0 Å². The Bertz CT molecular complexity index is 383. The van der Waals surface area contributed by atoms with Crippen LogP contribution in [0.1, 0.15) is 51.8 Å². The Kier molecular flexibility index (Phi) is 4.07. The fourth-order valence-electron chi connectivity index (χ4n) is 2.96. The Hall–Kier alpha value is -0.870. The molecule has 4 nitrogen and oxygen atoms in total. The topological polar surface area (TPSA) is 47.1 Å². The standard InChI is InChI=1S/C14H26N4/c1-10(2)17-6-5-12(7-15)14(17)13-8-16-18(9-13)11(3)4/h8-12,14H,5-7,15H2,1-4H3. The maximum Gasteiger partial charge on any atom is 0.0537 e. The zero-order valence-corrected chi connectivity index (χ0v) is 12.0. The highest BCUT2D eigenvalue weighted by atomic mass is 15.3. The summed E-state index contributed by atoms with van der Waals surface area (Å²) in [5, 5.41) is 4.47. The summed E-state index contributed by atoms with van der Waals surface area (Å²) in [6, 6.07) is 1.43. The van der Waals surface area contributed by atoms with Gasteiger partial charge in [0.2, 0.25) is 0 Å². The van der Waals surface area contributed by atoms with Crippen molar-refractivity contribution in [3.63, 3.8) is 0 Å². The molecule has 2 N–H and O–H groups in total. The van der Waals surface area contributed by atoms with Gasteiger partial charge in [-0.15, -0.1) is 0 Å². The quantitative estimate of drug-likeness (QED) is 0.891. The molecule has 1 aliphatic heterocycles. The van der Waals surface area contributed by atoms with E-state index in [1.807, 2.05) is 10.9 Å². The number of nitrogens with two attached hydrogens (primary N) is 1. The molecule has 102 valence electrons. The molecule has 0 aliphatic carbocycles. The minimum Gasteiger partial charge on any atom is -0.330 e. The number of likely N-dealkylation sites (tertiary alicyclic amines) is 1. The van der Waals surface area contributed by atoms with E-state index in [1.54, 1.807) is 0 Å². The third-order valence-corrected chi connectivity index (χ3v) is 4.02. The van der Waals surface area contributed by atoms with Crippen molar-refractivity contribution in [1.82, 2.24) is 14.7 Å². The third kappa shape index (κ3) is 2.45. The van der Waals surface area contributed by atoms with E-state index in [9.17, 15) is 0 Å². The summed E-state index contributed by atoms with van der Waals surface area (Å²) in [5.74, 6) is 0.567. The second-order valence-electron chi connectivity index (χ2n) is 5.91. The second kappa shape index (κ2) is 5.41. The fraction of sp³-hybridized carbons (Fsp3) is 0.786. The molecule has 1 aromatic heterocycles. The molecule has 1 aromatic rings. The number of rotatable bonds is 4. The van der Waals surface area contributed by atoms with E-state index in [-0.39, 0.29) is 0 Å². The molecule has 0 aromatic carbocycles. The number of hydrogen-bond donors (Lipinski definition) is 1. The Morgan fingerprint density at radius 2 is 2.06 bits per heavy atom. The molecule has 0 spiro atoms. The van der Waals surface area contributed by atoms with Crippen molar-refractivity contribution in [1.29, 1.82) is 0 Å². The maximum absolute atomic E-state index is 5.94. The highest BCUT2D eigenvalue weighted by molar-refractivity contribution is 5.15. The first-order valence-electron chi connectivity index (χ1n) is 7.04. The van der Waals surface area contributed by atoms with Crippen LogP contribution < -0.4 is 5.73 Å². The molecule has 0 amide bonds. The number of aromatic nitrogens is 2. The van der Waals surface area contributed by atoms with Crippen LogP contribution in [0.15, 0.2) is 12.4 Å². The Morgan fingerprint density at radius 1 is 1.33 bits per heavy atom. The van der Waals surface area contributed by atoms with E-state index in [2.05, 4.69) is 43.9 Å². The van der Waals surface area contributed by atoms with Crippen molar-refractivity contribution in [2.24, 2.45) is 11.7 Å². The predicted octanol–water partition coefficient (Wildman–Crippen LogP) is 2.19. The normalized spacial score (nSPS) is 25.5. The molecule has 2 unspecified atom stereocenters. The van der Waals surface area contributed by atoms with Crippen LogP contribution in [0.2, 0.25) is 0 Å². The lowest BCUT2D eigenvalue weighted by molar-refractivity contribution is 0.184. The molecule has 1 saturated heterocycles. The molecule has 2 rings (SSSR count). The molecule has 0 bridgehead atoms. The van der Waals surface area contributed by atoms with Gasteiger partial charge in [0, 0.05) is 29.9 Å². The van der Waals surface area contributed by atoms with Gasteiger partial charge in [-0.1, -0.05) is 0 Å². The van der Waals surface area contributed by atoms with Crippen LogP contribution in [0.25, 0.3) is 0 Å². The van der Waals surface area contributed by atoms with Gasteiger partial charge in [-0.3, -0.25) is 9.58 Å². The largest absolute Gasteiger partial charge is 0.330 e. The zero-order valence-electron chi connectivity index (χ0n) is 12.0. The molecule has 4 heteroatoms. The van der Waals surface area contributed by atoms with Gasteiger partial charge >= 0.3 is 0 Å². The van der Waals surface area contributed by atoms with Crippen LogP contribution in [-0.4, -0.2) is 33.8 Å². The van der Waals surface area contributed by atoms with Crippen LogP contribution in [0.3, 0.4) is 0 Å². The van der Waals surface area contributed by atoms with Crippen LogP contribution in [0.4, 0.5) is 0 Å². The van der Waals surface area contributed by atoms with Crippen LogP contribution in [-0.2, 0) is 0 Å². The summed E-state index contributed by atoms with van der Waals surface area (Å²) in [4.78, 5) is 2.55. The second-order valence-corrected chi connectivity index (χ2v) is 5.91. The van der Waals surface area contributed by atoms with E-state index >= 15 is 0 Å². The molecular formula is C14H26N4. The highest BCUT2D eigenvalue weighted by Crippen LogP contribution is 2.37.